The first-order chi connectivity index (χ1) is 8.25. The molecule has 0 aromatic carbocycles. The number of hydrogen-bond donors (Lipinski definition) is 1. The Bertz CT molecular complexity index is 546. The Labute approximate surface area is 113 Å². The van der Waals surface area contributed by atoms with Gasteiger partial charge in [0.1, 0.15) is 5.82 Å². The fraction of sp³-hybridized carbons (Fsp3) is 0.417. The van der Waals surface area contributed by atoms with Gasteiger partial charge >= 0.3 is 0 Å². The standard InChI is InChI=1S/C12H13BrClN3/c13-9-3-4-10-11(14)16-12(17(10)7-9)8-2-1-5-15-6-8/h3-4,7-8,15H,1-2,5-6H2. The van der Waals surface area contributed by atoms with Crippen LogP contribution in [-0.2, 0) is 0 Å². The molecule has 1 unspecified atom stereocenters. The maximum Gasteiger partial charge on any atom is 0.155 e. The van der Waals surface area contributed by atoms with E-state index in [0.717, 1.165) is 28.9 Å². The van der Waals surface area contributed by atoms with Crippen LogP contribution >= 0.6 is 27.5 Å². The number of hydrogen-bond acceptors (Lipinski definition) is 2. The average molecular weight is 315 g/mol. The van der Waals surface area contributed by atoms with Crippen molar-refractivity contribution in [1.29, 1.82) is 0 Å². The highest BCUT2D eigenvalue weighted by Gasteiger charge is 2.21. The van der Waals surface area contributed by atoms with E-state index in [1.54, 1.807) is 0 Å². The molecule has 90 valence electrons. The smallest absolute Gasteiger partial charge is 0.155 e. The SMILES string of the molecule is Clc1nc(C2CCCNC2)n2cc(Br)ccc12. The molecule has 2 aromatic heterocycles. The zero-order valence-electron chi connectivity index (χ0n) is 9.29. The van der Waals surface area contributed by atoms with Crippen molar-refractivity contribution in [3.8, 4) is 0 Å². The summed E-state index contributed by atoms with van der Waals surface area (Å²) in [5.41, 5.74) is 0.982. The largest absolute Gasteiger partial charge is 0.316 e. The van der Waals surface area contributed by atoms with Gasteiger partial charge in [-0.25, -0.2) is 4.98 Å². The van der Waals surface area contributed by atoms with E-state index in [-0.39, 0.29) is 0 Å². The Morgan fingerprint density at radius 2 is 2.35 bits per heavy atom. The van der Waals surface area contributed by atoms with Gasteiger partial charge in [0.25, 0.3) is 0 Å². The third-order valence-electron chi connectivity index (χ3n) is 3.25. The maximum atomic E-state index is 6.18. The number of rotatable bonds is 1. The van der Waals surface area contributed by atoms with Gasteiger partial charge in [-0.3, -0.25) is 0 Å². The van der Waals surface area contributed by atoms with Gasteiger partial charge < -0.3 is 9.72 Å². The second-order valence-electron chi connectivity index (χ2n) is 4.41. The first kappa shape index (κ1) is 11.5. The van der Waals surface area contributed by atoms with Gasteiger partial charge in [0.05, 0.1) is 5.52 Å². The molecule has 0 amide bonds. The first-order valence-corrected chi connectivity index (χ1v) is 6.96. The van der Waals surface area contributed by atoms with Crippen LogP contribution in [0.5, 0.6) is 0 Å². The fourth-order valence-corrected chi connectivity index (χ4v) is 2.98. The highest BCUT2D eigenvalue weighted by molar-refractivity contribution is 9.10. The van der Waals surface area contributed by atoms with Crippen molar-refractivity contribution in [2.45, 2.75) is 18.8 Å². The van der Waals surface area contributed by atoms with Crippen LogP contribution < -0.4 is 5.32 Å². The lowest BCUT2D eigenvalue weighted by molar-refractivity contribution is 0.445. The van der Waals surface area contributed by atoms with Gasteiger partial charge in [0.15, 0.2) is 5.15 Å². The number of nitrogens with zero attached hydrogens (tertiary/aromatic N) is 2. The van der Waals surface area contributed by atoms with Crippen LogP contribution in [0.1, 0.15) is 24.6 Å². The number of piperidine rings is 1. The van der Waals surface area contributed by atoms with Crippen molar-refractivity contribution < 1.29 is 0 Å². The first-order valence-electron chi connectivity index (χ1n) is 5.79. The zero-order valence-corrected chi connectivity index (χ0v) is 11.6. The molecule has 0 radical (unpaired) electrons. The molecule has 0 bridgehead atoms. The number of nitrogens with one attached hydrogen (secondary N) is 1. The lowest BCUT2D eigenvalue weighted by Gasteiger charge is -2.21. The molecule has 1 aliphatic rings. The fourth-order valence-electron chi connectivity index (χ4n) is 2.40. The summed E-state index contributed by atoms with van der Waals surface area (Å²) >= 11 is 9.67. The second kappa shape index (κ2) is 4.59. The van der Waals surface area contributed by atoms with Gasteiger partial charge in [0, 0.05) is 23.1 Å². The van der Waals surface area contributed by atoms with Crippen molar-refractivity contribution in [1.82, 2.24) is 14.7 Å². The van der Waals surface area contributed by atoms with Gasteiger partial charge in [-0.15, -0.1) is 0 Å². The molecular formula is C12H13BrClN3. The highest BCUT2D eigenvalue weighted by Crippen LogP contribution is 2.28. The van der Waals surface area contributed by atoms with E-state index >= 15 is 0 Å². The summed E-state index contributed by atoms with van der Waals surface area (Å²) < 4.78 is 3.15. The van der Waals surface area contributed by atoms with Gasteiger partial charge in [-0.2, -0.15) is 0 Å². The number of aromatic nitrogens is 2. The molecule has 3 rings (SSSR count). The Morgan fingerprint density at radius 3 is 3.12 bits per heavy atom. The molecule has 2 aromatic rings. The molecule has 1 atom stereocenters. The molecule has 3 heterocycles. The summed E-state index contributed by atoms with van der Waals surface area (Å²) in [6.07, 6.45) is 4.41. The summed E-state index contributed by atoms with van der Waals surface area (Å²) in [4.78, 5) is 4.52. The molecule has 0 aliphatic carbocycles. The van der Waals surface area contributed by atoms with Crippen molar-refractivity contribution in [3.05, 3.63) is 33.8 Å². The lowest BCUT2D eigenvalue weighted by Crippen LogP contribution is -2.29. The molecule has 0 saturated carbocycles. The molecular weight excluding hydrogens is 302 g/mol. The third-order valence-corrected chi connectivity index (χ3v) is 3.99. The van der Waals surface area contributed by atoms with Crippen LogP contribution in [0, 0.1) is 0 Å². The molecule has 17 heavy (non-hydrogen) atoms. The van der Waals surface area contributed by atoms with Crippen molar-refractivity contribution >= 4 is 33.0 Å². The van der Waals surface area contributed by atoms with Crippen molar-refractivity contribution in [3.63, 3.8) is 0 Å². The number of fused-ring (bicyclic) bond motifs is 1. The van der Waals surface area contributed by atoms with Gasteiger partial charge in [-0.1, -0.05) is 11.6 Å². The quantitative estimate of drug-likeness (QED) is 0.876. The minimum atomic E-state index is 0.457. The molecule has 0 spiro atoms. The number of imidazole rings is 1. The highest BCUT2D eigenvalue weighted by atomic mass is 79.9. The van der Waals surface area contributed by atoms with Crippen LogP contribution in [-0.4, -0.2) is 22.5 Å². The van der Waals surface area contributed by atoms with Crippen LogP contribution in [0.25, 0.3) is 5.52 Å². The van der Waals surface area contributed by atoms with Gasteiger partial charge in [-0.05, 0) is 47.4 Å². The molecule has 1 fully saturated rings. The van der Waals surface area contributed by atoms with Crippen molar-refractivity contribution in [2.75, 3.05) is 13.1 Å². The zero-order chi connectivity index (χ0) is 11.8. The van der Waals surface area contributed by atoms with E-state index in [4.69, 9.17) is 11.6 Å². The molecule has 5 heteroatoms. The molecule has 1 saturated heterocycles. The van der Waals surface area contributed by atoms with E-state index in [2.05, 4.69) is 30.6 Å². The van der Waals surface area contributed by atoms with Crippen molar-refractivity contribution in [2.24, 2.45) is 0 Å². The molecule has 1 N–H and O–H groups in total. The maximum absolute atomic E-state index is 6.18. The van der Waals surface area contributed by atoms with E-state index in [9.17, 15) is 0 Å². The number of pyridine rings is 1. The Balaban J connectivity index is 2.11. The Morgan fingerprint density at radius 1 is 1.47 bits per heavy atom. The van der Waals surface area contributed by atoms with E-state index in [1.807, 2.05) is 18.3 Å². The minimum Gasteiger partial charge on any atom is -0.316 e. The summed E-state index contributed by atoms with van der Waals surface area (Å²) in [5.74, 6) is 1.52. The van der Waals surface area contributed by atoms with Crippen LogP contribution in [0.3, 0.4) is 0 Å². The predicted octanol–water partition coefficient (Wildman–Crippen LogP) is 3.22. The van der Waals surface area contributed by atoms with Crippen LogP contribution in [0.2, 0.25) is 5.15 Å². The predicted molar refractivity (Wildman–Crippen MR) is 72.7 cm³/mol. The molecule has 3 nitrogen and oxygen atoms in total. The lowest BCUT2D eigenvalue weighted by atomic mass is 9.99. The van der Waals surface area contributed by atoms with E-state index in [0.29, 0.717) is 11.1 Å². The minimum absolute atomic E-state index is 0.457. The summed E-state index contributed by atoms with van der Waals surface area (Å²) in [5, 5.41) is 4.01. The summed E-state index contributed by atoms with van der Waals surface area (Å²) in [7, 11) is 0. The summed E-state index contributed by atoms with van der Waals surface area (Å²) in [6.45, 7) is 2.10. The second-order valence-corrected chi connectivity index (χ2v) is 5.68. The molecule has 1 aliphatic heterocycles. The average Bonchev–Trinajstić information content (AvgIpc) is 2.67. The summed E-state index contributed by atoms with van der Waals surface area (Å²) in [6, 6.07) is 3.99. The monoisotopic (exact) mass is 313 g/mol. The van der Waals surface area contributed by atoms with Gasteiger partial charge in [0.2, 0.25) is 0 Å². The van der Waals surface area contributed by atoms with Crippen LogP contribution in [0.4, 0.5) is 0 Å². The van der Waals surface area contributed by atoms with Crippen LogP contribution in [0.15, 0.2) is 22.8 Å². The third kappa shape index (κ3) is 2.09. The Hall–Kier alpha value is -0.580. The number of halogens is 2. The van der Waals surface area contributed by atoms with E-state index in [1.165, 1.54) is 12.8 Å². The normalized spacial score (nSPS) is 20.9. The van der Waals surface area contributed by atoms with E-state index < -0.39 is 0 Å². The topological polar surface area (TPSA) is 29.3 Å². The Kier molecular flexibility index (Phi) is 3.11.